The first-order valence-electron chi connectivity index (χ1n) is 12.4. The summed E-state index contributed by atoms with van der Waals surface area (Å²) in [6, 6.07) is 16.8. The number of fused-ring (bicyclic) bond motifs is 4. The van der Waals surface area contributed by atoms with Gasteiger partial charge in [0.25, 0.3) is 0 Å². The van der Waals surface area contributed by atoms with Crippen molar-refractivity contribution in [3.05, 3.63) is 48.5 Å². The van der Waals surface area contributed by atoms with Crippen LogP contribution in [0.1, 0.15) is 33.6 Å². The van der Waals surface area contributed by atoms with Gasteiger partial charge < -0.3 is 24.8 Å². The summed E-state index contributed by atoms with van der Waals surface area (Å²) in [4.78, 5) is 19.0. The molecule has 35 heavy (non-hydrogen) atoms. The van der Waals surface area contributed by atoms with Gasteiger partial charge in [0.05, 0.1) is 22.4 Å². The van der Waals surface area contributed by atoms with Gasteiger partial charge in [-0.25, -0.2) is 9.78 Å². The highest BCUT2D eigenvalue weighted by molar-refractivity contribution is 6.08. The molecule has 2 aliphatic rings. The van der Waals surface area contributed by atoms with E-state index in [0.717, 1.165) is 55.1 Å². The number of aromatic nitrogens is 2. The molecule has 2 aliphatic heterocycles. The molecule has 0 radical (unpaired) electrons. The number of benzene rings is 2. The van der Waals surface area contributed by atoms with Gasteiger partial charge in [0.2, 0.25) is 0 Å². The van der Waals surface area contributed by atoms with E-state index in [4.69, 9.17) is 9.72 Å². The Hall–Kier alpha value is -3.32. The van der Waals surface area contributed by atoms with Crippen molar-refractivity contribution in [1.29, 1.82) is 0 Å². The summed E-state index contributed by atoms with van der Waals surface area (Å²) in [7, 11) is 4.24. The number of rotatable bonds is 9. The number of carbonyl (C=O) groups is 1. The smallest absolute Gasteiger partial charge is 0.407 e. The summed E-state index contributed by atoms with van der Waals surface area (Å²) in [5.41, 5.74) is 5.04. The predicted molar refractivity (Wildman–Crippen MR) is 144 cm³/mol. The van der Waals surface area contributed by atoms with Gasteiger partial charge in [0.1, 0.15) is 11.3 Å². The zero-order valence-electron chi connectivity index (χ0n) is 21.5. The monoisotopic (exact) mass is 475 g/mol. The lowest BCUT2D eigenvalue weighted by Gasteiger charge is -2.21. The van der Waals surface area contributed by atoms with Gasteiger partial charge in [0.15, 0.2) is 0 Å². The van der Waals surface area contributed by atoms with Gasteiger partial charge >= 0.3 is 6.09 Å². The number of hydrogen-bond donors (Lipinski definition) is 2. The van der Waals surface area contributed by atoms with Crippen LogP contribution in [0.25, 0.3) is 33.2 Å². The Morgan fingerprint density at radius 1 is 1.00 bits per heavy atom. The van der Waals surface area contributed by atoms with Crippen molar-refractivity contribution in [2.24, 2.45) is 7.05 Å². The van der Waals surface area contributed by atoms with Crippen molar-refractivity contribution in [1.82, 2.24) is 19.8 Å². The molecule has 1 amide bonds. The van der Waals surface area contributed by atoms with Crippen molar-refractivity contribution in [3.63, 3.8) is 0 Å². The minimum absolute atomic E-state index is 0.354. The molecule has 0 atom stereocenters. The highest BCUT2D eigenvalue weighted by Crippen LogP contribution is 2.40. The molecule has 0 spiro atoms. The molecular weight excluding hydrogens is 438 g/mol. The maximum absolute atomic E-state index is 11.8. The van der Waals surface area contributed by atoms with Gasteiger partial charge in [-0.3, -0.25) is 0 Å². The molecule has 2 aromatic carbocycles. The lowest BCUT2D eigenvalue weighted by atomic mass is 10.1. The minimum atomic E-state index is -0.467. The van der Waals surface area contributed by atoms with E-state index in [0.29, 0.717) is 6.54 Å². The van der Waals surface area contributed by atoms with E-state index in [1.54, 1.807) is 0 Å². The molecule has 7 nitrogen and oxygen atoms in total. The average molecular weight is 476 g/mol. The average Bonchev–Trinajstić information content (AvgIpc) is 3.20. The summed E-state index contributed by atoms with van der Waals surface area (Å²) >= 11 is 0. The number of amides is 1. The Kier molecular flexibility index (Phi) is 7.45. The van der Waals surface area contributed by atoms with Crippen LogP contribution in [-0.2, 0) is 11.8 Å². The number of alkyl carbamates (subject to hydrolysis) is 1. The molecule has 0 fully saturated rings. The van der Waals surface area contributed by atoms with Crippen LogP contribution in [0.15, 0.2) is 48.5 Å². The molecule has 2 N–H and O–H groups in total. The number of aryl methyl sites for hydroxylation is 1. The van der Waals surface area contributed by atoms with Crippen molar-refractivity contribution in [3.8, 4) is 11.4 Å². The summed E-state index contributed by atoms with van der Waals surface area (Å²) in [5.74, 6) is 0. The van der Waals surface area contributed by atoms with E-state index >= 15 is 0 Å². The van der Waals surface area contributed by atoms with Gasteiger partial charge in [-0.15, -0.1) is 0 Å². The topological polar surface area (TPSA) is 71.4 Å². The van der Waals surface area contributed by atoms with Gasteiger partial charge in [-0.2, -0.15) is 0 Å². The molecule has 4 rings (SSSR count). The third-order valence-electron chi connectivity index (χ3n) is 6.13. The summed E-state index contributed by atoms with van der Waals surface area (Å²) in [6.45, 7) is 8.96. The Labute approximate surface area is 207 Å². The molecule has 7 heteroatoms. The van der Waals surface area contributed by atoms with E-state index in [1.807, 2.05) is 26.8 Å². The maximum atomic E-state index is 11.8. The maximum Gasteiger partial charge on any atom is 0.407 e. The van der Waals surface area contributed by atoms with Gasteiger partial charge in [0, 0.05) is 30.9 Å². The first-order chi connectivity index (χ1) is 16.7. The third-order valence-corrected chi connectivity index (χ3v) is 6.13. The molecule has 0 unspecified atom stereocenters. The molecule has 0 aromatic heterocycles. The molecule has 0 bridgehead atoms. The van der Waals surface area contributed by atoms with Crippen molar-refractivity contribution < 1.29 is 9.53 Å². The second-order valence-electron chi connectivity index (χ2n) is 10.1. The molecule has 0 saturated carbocycles. The Bertz CT molecular complexity index is 1270. The fourth-order valence-electron chi connectivity index (χ4n) is 4.52. The molecule has 2 heterocycles. The second kappa shape index (κ2) is 10.5. The number of hydrogen-bond acceptors (Lipinski definition) is 5. The van der Waals surface area contributed by atoms with Crippen LogP contribution >= 0.6 is 0 Å². The van der Waals surface area contributed by atoms with Crippen molar-refractivity contribution in [2.75, 3.05) is 38.5 Å². The SMILES string of the molecule is CN(CCCNC(=O)OC(C)(C)C)CCCNc1c2nc3ccccc3c-2n(C)c2ccccc12. The zero-order valence-corrected chi connectivity index (χ0v) is 21.5. The van der Waals surface area contributed by atoms with Crippen LogP contribution in [0.3, 0.4) is 0 Å². The number of carbonyl (C=O) groups excluding carboxylic acids is 1. The van der Waals surface area contributed by atoms with E-state index in [9.17, 15) is 4.79 Å². The van der Waals surface area contributed by atoms with Crippen LogP contribution in [0, 0.1) is 0 Å². The molecule has 0 aliphatic carbocycles. The van der Waals surface area contributed by atoms with E-state index < -0.39 is 5.60 Å². The van der Waals surface area contributed by atoms with Crippen LogP contribution in [0.5, 0.6) is 0 Å². The van der Waals surface area contributed by atoms with Crippen LogP contribution in [0.4, 0.5) is 10.5 Å². The molecule has 186 valence electrons. The fraction of sp³-hybridized carbons (Fsp3) is 0.429. The van der Waals surface area contributed by atoms with Gasteiger partial charge in [-0.1, -0.05) is 36.4 Å². The standard InChI is InChI=1S/C28H37N5O2/c1-28(2,3)35-27(34)30-17-11-19-32(4)18-10-16-29-24-21-13-7-9-15-23(21)33(5)26-20-12-6-8-14-22(20)31-25(24)26/h6-9,12-15,29H,10-11,16-19H2,1-5H3,(H,30,34). The second-order valence-corrected chi connectivity index (χ2v) is 10.1. The number of nitrogens with one attached hydrogen (secondary N) is 2. The van der Waals surface area contributed by atoms with E-state index in [-0.39, 0.29) is 6.09 Å². The molecular formula is C28H37N5O2. The summed E-state index contributed by atoms with van der Waals surface area (Å²) in [5, 5.41) is 8.89. The number of ether oxygens (including phenoxy) is 1. The normalized spacial score (nSPS) is 12.1. The van der Waals surface area contributed by atoms with Crippen molar-refractivity contribution in [2.45, 2.75) is 39.2 Å². The summed E-state index contributed by atoms with van der Waals surface area (Å²) < 4.78 is 7.53. The third kappa shape index (κ3) is 5.85. The zero-order chi connectivity index (χ0) is 25.0. The number of para-hydroxylation sites is 2. The van der Waals surface area contributed by atoms with Gasteiger partial charge in [-0.05, 0) is 65.9 Å². The lowest BCUT2D eigenvalue weighted by molar-refractivity contribution is 0.0526. The highest BCUT2D eigenvalue weighted by atomic mass is 16.6. The first kappa shape index (κ1) is 24.8. The first-order valence-corrected chi connectivity index (χ1v) is 12.4. The van der Waals surface area contributed by atoms with E-state index in [1.165, 1.54) is 16.3 Å². The Morgan fingerprint density at radius 2 is 1.66 bits per heavy atom. The lowest BCUT2D eigenvalue weighted by Crippen LogP contribution is -2.34. The quantitative estimate of drug-likeness (QED) is 0.314. The molecule has 0 saturated heterocycles. The number of pyridine rings is 1. The number of anilines is 1. The predicted octanol–water partition coefficient (Wildman–Crippen LogP) is 5.48. The van der Waals surface area contributed by atoms with E-state index in [2.05, 4.69) is 76.7 Å². The van der Waals surface area contributed by atoms with Crippen molar-refractivity contribution >= 4 is 33.6 Å². The minimum Gasteiger partial charge on any atom is -0.444 e. The summed E-state index contributed by atoms with van der Waals surface area (Å²) in [6.07, 6.45) is 1.54. The van der Waals surface area contributed by atoms with Crippen LogP contribution in [0.2, 0.25) is 0 Å². The van der Waals surface area contributed by atoms with Crippen LogP contribution in [-0.4, -0.2) is 59.4 Å². The Morgan fingerprint density at radius 3 is 2.40 bits per heavy atom. The molecule has 2 aromatic rings. The number of nitrogens with zero attached hydrogens (tertiary/aromatic N) is 3. The fourth-order valence-corrected chi connectivity index (χ4v) is 4.52. The highest BCUT2D eigenvalue weighted by Gasteiger charge is 2.21. The Balaban J connectivity index is 1.34. The largest absolute Gasteiger partial charge is 0.444 e. The van der Waals surface area contributed by atoms with Crippen LogP contribution < -0.4 is 10.6 Å².